The van der Waals surface area contributed by atoms with Crippen molar-refractivity contribution in [1.82, 2.24) is 9.97 Å². The Balaban J connectivity index is 1.69. The fourth-order valence-electron chi connectivity index (χ4n) is 1.21. The minimum atomic E-state index is 0.853. The van der Waals surface area contributed by atoms with E-state index in [4.69, 9.17) is 0 Å². The fourth-order valence-corrected chi connectivity index (χ4v) is 2.64. The molecule has 86 valence electrons. The van der Waals surface area contributed by atoms with E-state index in [1.165, 1.54) is 0 Å². The average Bonchev–Trinajstić information content (AvgIpc) is 2.83. The van der Waals surface area contributed by atoms with Gasteiger partial charge in [0.2, 0.25) is 0 Å². The van der Waals surface area contributed by atoms with Crippen molar-refractivity contribution in [2.75, 3.05) is 23.7 Å². The molecule has 0 aliphatic carbocycles. The summed E-state index contributed by atoms with van der Waals surface area (Å²) in [5.41, 5.74) is 2.13. The van der Waals surface area contributed by atoms with E-state index in [1.54, 1.807) is 22.7 Å². The summed E-state index contributed by atoms with van der Waals surface area (Å²) in [7, 11) is 0. The molecule has 2 rings (SSSR count). The summed E-state index contributed by atoms with van der Waals surface area (Å²) in [5.74, 6) is 0. The van der Waals surface area contributed by atoms with Crippen molar-refractivity contribution in [2.45, 2.75) is 13.8 Å². The molecule has 0 fully saturated rings. The molecule has 2 aromatic rings. The second-order valence-electron chi connectivity index (χ2n) is 3.44. The zero-order chi connectivity index (χ0) is 11.4. The monoisotopic (exact) mass is 254 g/mol. The summed E-state index contributed by atoms with van der Waals surface area (Å²) in [5, 5.41) is 12.6. The van der Waals surface area contributed by atoms with Gasteiger partial charge in [0.05, 0.1) is 11.4 Å². The molecule has 16 heavy (non-hydrogen) atoms. The number of thiazole rings is 2. The van der Waals surface area contributed by atoms with Crippen LogP contribution < -0.4 is 10.6 Å². The van der Waals surface area contributed by atoms with Gasteiger partial charge in [-0.3, -0.25) is 0 Å². The maximum Gasteiger partial charge on any atom is 0.182 e. The molecule has 0 aliphatic rings. The van der Waals surface area contributed by atoms with E-state index in [9.17, 15) is 0 Å². The molecule has 0 unspecified atom stereocenters. The SMILES string of the molecule is Cc1csc(NCCNc2nc(C)cs2)n1. The van der Waals surface area contributed by atoms with Gasteiger partial charge in [-0.15, -0.1) is 22.7 Å². The van der Waals surface area contributed by atoms with Gasteiger partial charge in [-0.2, -0.15) is 0 Å². The molecule has 2 heterocycles. The lowest BCUT2D eigenvalue weighted by Crippen LogP contribution is -2.13. The van der Waals surface area contributed by atoms with Gasteiger partial charge in [0.25, 0.3) is 0 Å². The fraction of sp³-hybridized carbons (Fsp3) is 0.400. The lowest BCUT2D eigenvalue weighted by molar-refractivity contribution is 1.06. The predicted molar refractivity (Wildman–Crippen MR) is 70.7 cm³/mol. The number of hydrogen-bond acceptors (Lipinski definition) is 6. The van der Waals surface area contributed by atoms with Crippen molar-refractivity contribution >= 4 is 32.9 Å². The van der Waals surface area contributed by atoms with Gasteiger partial charge in [0.15, 0.2) is 10.3 Å². The number of anilines is 2. The number of aryl methyl sites for hydroxylation is 2. The van der Waals surface area contributed by atoms with Crippen molar-refractivity contribution in [3.8, 4) is 0 Å². The van der Waals surface area contributed by atoms with Crippen LogP contribution in [0.4, 0.5) is 10.3 Å². The summed E-state index contributed by atoms with van der Waals surface area (Å²) >= 11 is 3.27. The Kier molecular flexibility index (Phi) is 3.74. The Hall–Kier alpha value is -1.14. The smallest absolute Gasteiger partial charge is 0.182 e. The van der Waals surface area contributed by atoms with Gasteiger partial charge in [0.1, 0.15) is 0 Å². The van der Waals surface area contributed by atoms with Crippen molar-refractivity contribution in [3.63, 3.8) is 0 Å². The van der Waals surface area contributed by atoms with Crippen LogP contribution in [0.25, 0.3) is 0 Å². The van der Waals surface area contributed by atoms with Crippen molar-refractivity contribution < 1.29 is 0 Å². The number of nitrogens with one attached hydrogen (secondary N) is 2. The van der Waals surface area contributed by atoms with Gasteiger partial charge in [-0.25, -0.2) is 9.97 Å². The van der Waals surface area contributed by atoms with Crippen molar-refractivity contribution in [1.29, 1.82) is 0 Å². The minimum absolute atomic E-state index is 0.853. The lowest BCUT2D eigenvalue weighted by Gasteiger charge is -2.03. The predicted octanol–water partition coefficient (Wildman–Crippen LogP) is 2.74. The van der Waals surface area contributed by atoms with Crippen LogP contribution in [0, 0.1) is 13.8 Å². The van der Waals surface area contributed by atoms with Crippen LogP contribution in [0.5, 0.6) is 0 Å². The molecule has 0 aliphatic heterocycles. The topological polar surface area (TPSA) is 49.8 Å². The highest BCUT2D eigenvalue weighted by Gasteiger charge is 1.98. The Bertz CT molecular complexity index is 407. The Labute approximate surface area is 103 Å². The number of nitrogens with zero attached hydrogens (tertiary/aromatic N) is 2. The zero-order valence-electron chi connectivity index (χ0n) is 9.28. The van der Waals surface area contributed by atoms with E-state index in [0.717, 1.165) is 34.7 Å². The summed E-state index contributed by atoms with van der Waals surface area (Å²) in [6.07, 6.45) is 0. The molecule has 6 heteroatoms. The standard InChI is InChI=1S/C10H14N4S2/c1-7-5-15-9(13-7)11-3-4-12-10-14-8(2)6-16-10/h5-6H,3-4H2,1-2H3,(H,11,13)(H,12,14). The summed E-state index contributed by atoms with van der Waals surface area (Å²) in [6.45, 7) is 5.70. The third-order valence-electron chi connectivity index (χ3n) is 1.92. The molecular weight excluding hydrogens is 240 g/mol. The highest BCUT2D eigenvalue weighted by Crippen LogP contribution is 2.15. The molecule has 0 amide bonds. The van der Waals surface area contributed by atoms with Gasteiger partial charge in [-0.1, -0.05) is 0 Å². The quantitative estimate of drug-likeness (QED) is 0.806. The van der Waals surface area contributed by atoms with Crippen molar-refractivity contribution in [3.05, 3.63) is 22.1 Å². The Morgan fingerprint density at radius 3 is 1.69 bits per heavy atom. The number of hydrogen-bond donors (Lipinski definition) is 2. The number of rotatable bonds is 5. The molecule has 4 nitrogen and oxygen atoms in total. The van der Waals surface area contributed by atoms with E-state index < -0.39 is 0 Å². The van der Waals surface area contributed by atoms with Gasteiger partial charge < -0.3 is 10.6 Å². The Morgan fingerprint density at radius 2 is 1.38 bits per heavy atom. The molecule has 2 N–H and O–H groups in total. The first-order valence-electron chi connectivity index (χ1n) is 5.06. The molecule has 0 saturated carbocycles. The van der Waals surface area contributed by atoms with Crippen LogP contribution in [0.2, 0.25) is 0 Å². The third kappa shape index (κ3) is 3.18. The second-order valence-corrected chi connectivity index (χ2v) is 5.16. The molecule has 0 spiro atoms. The average molecular weight is 254 g/mol. The number of aromatic nitrogens is 2. The van der Waals surface area contributed by atoms with E-state index in [1.807, 2.05) is 24.6 Å². The van der Waals surface area contributed by atoms with Crippen LogP contribution in [-0.2, 0) is 0 Å². The third-order valence-corrected chi connectivity index (χ3v) is 3.75. The first kappa shape index (κ1) is 11.3. The van der Waals surface area contributed by atoms with E-state index in [2.05, 4.69) is 20.6 Å². The van der Waals surface area contributed by atoms with Crippen molar-refractivity contribution in [2.24, 2.45) is 0 Å². The normalized spacial score (nSPS) is 10.4. The van der Waals surface area contributed by atoms with Gasteiger partial charge >= 0.3 is 0 Å². The highest BCUT2D eigenvalue weighted by atomic mass is 32.1. The molecule has 0 saturated heterocycles. The van der Waals surface area contributed by atoms with Crippen LogP contribution in [0.3, 0.4) is 0 Å². The van der Waals surface area contributed by atoms with Gasteiger partial charge in [-0.05, 0) is 13.8 Å². The molecule has 0 radical (unpaired) electrons. The zero-order valence-corrected chi connectivity index (χ0v) is 10.9. The van der Waals surface area contributed by atoms with E-state index in [0.29, 0.717) is 0 Å². The molecular formula is C10H14N4S2. The maximum atomic E-state index is 4.33. The molecule has 2 aromatic heterocycles. The molecule has 0 bridgehead atoms. The van der Waals surface area contributed by atoms with Gasteiger partial charge in [0, 0.05) is 23.8 Å². The van der Waals surface area contributed by atoms with Crippen LogP contribution in [0.15, 0.2) is 10.8 Å². The summed E-state index contributed by atoms with van der Waals surface area (Å²) < 4.78 is 0. The van der Waals surface area contributed by atoms with Crippen LogP contribution in [0.1, 0.15) is 11.4 Å². The first-order valence-corrected chi connectivity index (χ1v) is 6.82. The largest absolute Gasteiger partial charge is 0.360 e. The highest BCUT2D eigenvalue weighted by molar-refractivity contribution is 7.14. The Morgan fingerprint density at radius 1 is 0.938 bits per heavy atom. The summed E-state index contributed by atoms with van der Waals surface area (Å²) in [4.78, 5) is 8.65. The minimum Gasteiger partial charge on any atom is -0.360 e. The lowest BCUT2D eigenvalue weighted by atomic mass is 10.6. The molecule has 0 atom stereocenters. The van der Waals surface area contributed by atoms with Crippen LogP contribution in [-0.4, -0.2) is 23.1 Å². The molecule has 0 aromatic carbocycles. The second kappa shape index (κ2) is 5.27. The van der Waals surface area contributed by atoms with E-state index in [-0.39, 0.29) is 0 Å². The summed E-state index contributed by atoms with van der Waals surface area (Å²) in [6, 6.07) is 0. The first-order chi connectivity index (χ1) is 7.74. The van der Waals surface area contributed by atoms with Crippen LogP contribution >= 0.6 is 22.7 Å². The maximum absolute atomic E-state index is 4.33. The van der Waals surface area contributed by atoms with E-state index >= 15 is 0 Å².